The zero-order chi connectivity index (χ0) is 16.4. The number of anilines is 1. The quantitative estimate of drug-likeness (QED) is 0.587. The summed E-state index contributed by atoms with van der Waals surface area (Å²) < 4.78 is 5.01. The van der Waals surface area contributed by atoms with Crippen LogP contribution in [0.25, 0.3) is 0 Å². The number of methoxy groups -OCH3 is 1. The summed E-state index contributed by atoms with van der Waals surface area (Å²) in [5.74, 6) is 0.790. The first-order chi connectivity index (χ1) is 10.6. The molecule has 22 heavy (non-hydrogen) atoms. The van der Waals surface area contributed by atoms with Crippen molar-refractivity contribution in [3.05, 3.63) is 65.1 Å². The van der Waals surface area contributed by atoms with Gasteiger partial charge < -0.3 is 21.5 Å². The number of nitrogens with two attached hydrogens (primary N) is 2. The lowest BCUT2D eigenvalue weighted by Crippen LogP contribution is -2.08. The Morgan fingerprint density at radius 2 is 2.14 bits per heavy atom. The predicted octanol–water partition coefficient (Wildman–Crippen LogP) is 2.14. The summed E-state index contributed by atoms with van der Waals surface area (Å²) in [4.78, 5) is 10.1. The van der Waals surface area contributed by atoms with E-state index in [4.69, 9.17) is 16.2 Å². The largest absolute Gasteiger partial charge is 0.497 e. The molecule has 1 aromatic carbocycles. The van der Waals surface area contributed by atoms with Crippen LogP contribution in [-0.2, 0) is 16.1 Å². The second-order valence-electron chi connectivity index (χ2n) is 4.74. The van der Waals surface area contributed by atoms with Crippen LogP contribution in [0, 0.1) is 6.92 Å². The van der Waals surface area contributed by atoms with Gasteiger partial charge in [-0.25, -0.2) is 0 Å². The van der Waals surface area contributed by atoms with Gasteiger partial charge in [-0.2, -0.15) is 0 Å². The van der Waals surface area contributed by atoms with Gasteiger partial charge in [0, 0.05) is 24.4 Å². The molecule has 0 spiro atoms. The first-order valence-corrected chi connectivity index (χ1v) is 6.97. The van der Waals surface area contributed by atoms with Crippen LogP contribution in [0.5, 0.6) is 0 Å². The van der Waals surface area contributed by atoms with E-state index in [0.29, 0.717) is 13.0 Å². The number of ether oxygens (including phenoxy) is 1. The molecule has 0 fully saturated rings. The Morgan fingerprint density at radius 1 is 1.36 bits per heavy atom. The number of aryl methyl sites for hydroxylation is 1. The molecule has 1 aliphatic carbocycles. The van der Waals surface area contributed by atoms with Crippen LogP contribution in [-0.4, -0.2) is 13.5 Å². The molecule has 0 atom stereocenters. The molecule has 1 aliphatic rings. The van der Waals surface area contributed by atoms with Gasteiger partial charge in [-0.15, -0.1) is 0 Å². The molecule has 0 saturated carbocycles. The van der Waals surface area contributed by atoms with Crippen LogP contribution >= 0.6 is 0 Å². The predicted molar refractivity (Wildman–Crippen MR) is 89.6 cm³/mol. The number of rotatable bonds is 4. The van der Waals surface area contributed by atoms with E-state index in [-0.39, 0.29) is 0 Å². The molecule has 5 nitrogen and oxygen atoms in total. The fourth-order valence-electron chi connectivity index (χ4n) is 1.83. The molecule has 0 heterocycles. The van der Waals surface area contributed by atoms with E-state index < -0.39 is 0 Å². The van der Waals surface area contributed by atoms with Gasteiger partial charge in [-0.3, -0.25) is 4.79 Å². The molecule has 0 aromatic heterocycles. The number of benzene rings is 1. The summed E-state index contributed by atoms with van der Waals surface area (Å²) in [5.41, 5.74) is 14.9. The van der Waals surface area contributed by atoms with Crippen LogP contribution in [0.2, 0.25) is 0 Å². The number of allylic oxidation sites excluding steroid dienone is 4. The molecule has 5 N–H and O–H groups in total. The van der Waals surface area contributed by atoms with Gasteiger partial charge in [-0.1, -0.05) is 18.2 Å². The number of amides is 1. The van der Waals surface area contributed by atoms with Crippen molar-refractivity contribution >= 4 is 12.1 Å². The van der Waals surface area contributed by atoms with Gasteiger partial charge in [0.15, 0.2) is 0 Å². The van der Waals surface area contributed by atoms with Crippen molar-refractivity contribution in [2.45, 2.75) is 19.9 Å². The van der Waals surface area contributed by atoms with E-state index in [2.05, 4.69) is 5.32 Å². The maximum absolute atomic E-state index is 10.1. The third-order valence-corrected chi connectivity index (χ3v) is 3.07. The molecule has 1 aromatic rings. The first-order valence-electron chi connectivity index (χ1n) is 6.97. The SMILES string of the molecule is COC1=CC=C(NC=O)CC=C1.Cc1ccc(CN)c(N)c1. The summed E-state index contributed by atoms with van der Waals surface area (Å²) >= 11 is 0. The summed E-state index contributed by atoms with van der Waals surface area (Å²) in [6, 6.07) is 5.91. The Balaban J connectivity index is 0.000000224. The molecule has 0 aliphatic heterocycles. The van der Waals surface area contributed by atoms with Crippen LogP contribution in [0.3, 0.4) is 0 Å². The molecule has 0 radical (unpaired) electrons. The van der Waals surface area contributed by atoms with Crippen molar-refractivity contribution in [3.63, 3.8) is 0 Å². The summed E-state index contributed by atoms with van der Waals surface area (Å²) in [6.07, 6.45) is 8.84. The highest BCUT2D eigenvalue weighted by molar-refractivity contribution is 5.51. The van der Waals surface area contributed by atoms with E-state index in [1.165, 1.54) is 5.56 Å². The highest BCUT2D eigenvalue weighted by Crippen LogP contribution is 2.12. The molecule has 5 heteroatoms. The zero-order valence-electron chi connectivity index (χ0n) is 13.0. The highest BCUT2D eigenvalue weighted by Gasteiger charge is 1.97. The van der Waals surface area contributed by atoms with E-state index in [1.54, 1.807) is 7.11 Å². The van der Waals surface area contributed by atoms with Gasteiger partial charge in [0.1, 0.15) is 5.76 Å². The number of hydrogen-bond acceptors (Lipinski definition) is 4. The van der Waals surface area contributed by atoms with Crippen molar-refractivity contribution in [2.24, 2.45) is 5.73 Å². The number of carbonyl (C=O) groups is 1. The topological polar surface area (TPSA) is 90.4 Å². The summed E-state index contributed by atoms with van der Waals surface area (Å²) in [7, 11) is 1.61. The van der Waals surface area contributed by atoms with Gasteiger partial charge in [0.25, 0.3) is 0 Å². The average Bonchev–Trinajstić information content (AvgIpc) is 2.74. The summed E-state index contributed by atoms with van der Waals surface area (Å²) in [5, 5.41) is 2.60. The minimum atomic E-state index is 0.520. The maximum atomic E-state index is 10.1. The van der Waals surface area contributed by atoms with E-state index in [9.17, 15) is 4.79 Å². The first kappa shape index (κ1) is 17.5. The van der Waals surface area contributed by atoms with Gasteiger partial charge >= 0.3 is 0 Å². The number of hydrogen-bond donors (Lipinski definition) is 3. The third kappa shape index (κ3) is 5.85. The maximum Gasteiger partial charge on any atom is 0.211 e. The van der Waals surface area contributed by atoms with Crippen molar-refractivity contribution in [1.82, 2.24) is 5.32 Å². The Kier molecular flexibility index (Phi) is 7.50. The van der Waals surface area contributed by atoms with E-state index in [1.807, 2.05) is 49.4 Å². The fraction of sp³-hybridized carbons (Fsp3) is 0.235. The molecule has 0 bridgehead atoms. The Hall–Kier alpha value is -2.53. The Labute approximate surface area is 131 Å². The third-order valence-electron chi connectivity index (χ3n) is 3.07. The van der Waals surface area contributed by atoms with Crippen LogP contribution in [0.4, 0.5) is 5.69 Å². The van der Waals surface area contributed by atoms with Crippen molar-refractivity contribution < 1.29 is 9.53 Å². The van der Waals surface area contributed by atoms with E-state index >= 15 is 0 Å². The normalized spacial score (nSPS) is 13.0. The van der Waals surface area contributed by atoms with Gasteiger partial charge in [-0.05, 0) is 42.3 Å². The van der Waals surface area contributed by atoms with Crippen molar-refractivity contribution in [3.8, 4) is 0 Å². The minimum Gasteiger partial charge on any atom is -0.497 e. The Bertz CT molecular complexity index is 590. The monoisotopic (exact) mass is 301 g/mol. The minimum absolute atomic E-state index is 0.520. The zero-order valence-corrected chi connectivity index (χ0v) is 13.0. The highest BCUT2D eigenvalue weighted by atomic mass is 16.5. The molecule has 1 amide bonds. The lowest BCUT2D eigenvalue weighted by molar-refractivity contribution is -0.108. The molecule has 2 rings (SSSR count). The second kappa shape index (κ2) is 9.41. The van der Waals surface area contributed by atoms with Crippen LogP contribution in [0.15, 0.2) is 54.0 Å². The molecule has 0 saturated heterocycles. The molecule has 118 valence electrons. The fourth-order valence-corrected chi connectivity index (χ4v) is 1.83. The lowest BCUT2D eigenvalue weighted by atomic mass is 10.1. The number of nitrogen functional groups attached to an aromatic ring is 1. The second-order valence-corrected chi connectivity index (χ2v) is 4.74. The summed E-state index contributed by atoms with van der Waals surface area (Å²) in [6.45, 7) is 2.53. The molecular formula is C17H23N3O2. The van der Waals surface area contributed by atoms with Crippen LogP contribution in [0.1, 0.15) is 17.5 Å². The smallest absolute Gasteiger partial charge is 0.211 e. The lowest BCUT2D eigenvalue weighted by Gasteiger charge is -2.01. The van der Waals surface area contributed by atoms with E-state index in [0.717, 1.165) is 29.1 Å². The van der Waals surface area contributed by atoms with Gasteiger partial charge in [0.2, 0.25) is 6.41 Å². The van der Waals surface area contributed by atoms with Crippen molar-refractivity contribution in [1.29, 1.82) is 0 Å². The molecule has 0 unspecified atom stereocenters. The number of nitrogens with one attached hydrogen (secondary N) is 1. The van der Waals surface area contributed by atoms with Crippen LogP contribution < -0.4 is 16.8 Å². The molecular weight excluding hydrogens is 278 g/mol. The van der Waals surface area contributed by atoms with Gasteiger partial charge in [0.05, 0.1) is 7.11 Å². The number of carbonyl (C=O) groups excluding carboxylic acids is 1. The van der Waals surface area contributed by atoms with Crippen molar-refractivity contribution in [2.75, 3.05) is 12.8 Å². The Morgan fingerprint density at radius 3 is 2.73 bits per heavy atom. The standard InChI is InChI=1S/C9H11NO2.C8H12N2/c1-12-9-4-2-3-8(5-6-9)10-7-11;1-6-2-3-7(5-9)8(10)4-6/h2,4-7H,3H2,1H3,(H,10,11);2-4H,5,9-10H2,1H3. The average molecular weight is 301 g/mol.